The van der Waals surface area contributed by atoms with E-state index in [1.54, 1.807) is 0 Å². The fraction of sp³-hybridized carbons (Fsp3) is 0.438. The summed E-state index contributed by atoms with van der Waals surface area (Å²) in [5, 5.41) is 2.12. The van der Waals surface area contributed by atoms with Crippen LogP contribution in [0.2, 0.25) is 0 Å². The normalized spacial score (nSPS) is 11.6. The Hall–Kier alpha value is -1.68. The number of aryl methyl sites for hydroxylation is 2. The zero-order valence-corrected chi connectivity index (χ0v) is 25.5. The van der Waals surface area contributed by atoms with E-state index < -0.39 is 0 Å². The minimum atomic E-state index is 0.672. The van der Waals surface area contributed by atoms with Gasteiger partial charge in [-0.25, -0.2) is 0 Å². The molecule has 0 atom stereocenters. The van der Waals surface area contributed by atoms with E-state index in [0.717, 1.165) is 18.8 Å². The summed E-state index contributed by atoms with van der Waals surface area (Å²) in [7, 11) is 0. The Morgan fingerprint density at radius 1 is 0.686 bits per heavy atom. The van der Waals surface area contributed by atoms with Crippen molar-refractivity contribution in [3.63, 3.8) is 0 Å². The number of hydrogen-bond acceptors (Lipinski definition) is 3. The Kier molecular flexibility index (Phi) is 16.6. The van der Waals surface area contributed by atoms with Crippen LogP contribution in [0, 0.1) is 31.6 Å². The van der Waals surface area contributed by atoms with Crippen LogP contribution in [0.3, 0.4) is 0 Å². The second-order valence-corrected chi connectivity index (χ2v) is 13.5. The SMILES string of the molecule is CC(C)/C=C\Cc1cccs1.Cc1ccc(/C=C/CC(C)C)s1.Cc1ccc(C/C=C/C(C)C)s1. The number of thiophene rings is 3. The lowest BCUT2D eigenvalue weighted by Gasteiger charge is -1.95. The van der Waals surface area contributed by atoms with Crippen molar-refractivity contribution in [3.8, 4) is 0 Å². The molecule has 0 bridgehead atoms. The summed E-state index contributed by atoms with van der Waals surface area (Å²) in [4.78, 5) is 7.07. The topological polar surface area (TPSA) is 0 Å². The molecule has 0 N–H and O–H groups in total. The standard InChI is InChI=1S/2C11H16S.C10H14S/c2*1-9(2)5-4-6-11-8-7-10(3)12-11;1-9(2)5-3-6-10-7-4-8-11-10/h4,6-9H,5H2,1-3H3;4-5,7-9H,6H2,1-3H3;3-5,7-9H,6H2,1-2H3/b6-4+;5-4+;5-3-. The van der Waals surface area contributed by atoms with Crippen molar-refractivity contribution >= 4 is 40.1 Å². The summed E-state index contributed by atoms with van der Waals surface area (Å²) in [6, 6.07) is 13.0. The average Bonchev–Trinajstić information content (AvgIpc) is 3.52. The smallest absolute Gasteiger partial charge is 0.0269 e. The molecule has 0 nitrogen and oxygen atoms in total. The molecule has 35 heavy (non-hydrogen) atoms. The van der Waals surface area contributed by atoms with Gasteiger partial charge in [-0.2, -0.15) is 0 Å². The second kappa shape index (κ2) is 18.6. The molecule has 3 aromatic heterocycles. The van der Waals surface area contributed by atoms with Gasteiger partial charge < -0.3 is 0 Å². The Bertz CT molecular complexity index is 976. The van der Waals surface area contributed by atoms with Crippen molar-refractivity contribution < 1.29 is 0 Å². The van der Waals surface area contributed by atoms with Gasteiger partial charge in [-0.1, -0.05) is 78.0 Å². The monoisotopic (exact) mass is 526 g/mol. The maximum atomic E-state index is 2.26. The molecule has 0 radical (unpaired) electrons. The molecule has 0 aliphatic heterocycles. The van der Waals surface area contributed by atoms with Crippen molar-refractivity contribution in [2.75, 3.05) is 0 Å². The third-order valence-corrected chi connectivity index (χ3v) is 7.59. The van der Waals surface area contributed by atoms with Crippen molar-refractivity contribution in [2.24, 2.45) is 17.8 Å². The Labute approximate surface area is 228 Å². The number of rotatable bonds is 9. The van der Waals surface area contributed by atoms with Crippen molar-refractivity contribution in [1.29, 1.82) is 0 Å². The molecule has 0 amide bonds. The predicted octanol–water partition coefficient (Wildman–Crippen LogP) is 11.4. The molecule has 0 saturated heterocycles. The first-order chi connectivity index (χ1) is 16.7. The van der Waals surface area contributed by atoms with Crippen LogP contribution < -0.4 is 0 Å². The summed E-state index contributed by atoms with van der Waals surface area (Å²) >= 11 is 5.56. The summed E-state index contributed by atoms with van der Waals surface area (Å²) in [5.74, 6) is 2.11. The van der Waals surface area contributed by atoms with Crippen molar-refractivity contribution in [2.45, 2.75) is 74.7 Å². The highest BCUT2D eigenvalue weighted by molar-refractivity contribution is 7.12. The highest BCUT2D eigenvalue weighted by Crippen LogP contribution is 2.17. The van der Waals surface area contributed by atoms with Crippen molar-refractivity contribution in [3.05, 3.63) is 96.5 Å². The lowest BCUT2D eigenvalue weighted by molar-refractivity contribution is 0.665. The fourth-order valence-electron chi connectivity index (χ4n) is 2.94. The van der Waals surface area contributed by atoms with E-state index in [1.165, 1.54) is 30.8 Å². The minimum absolute atomic E-state index is 0.672. The highest BCUT2D eigenvalue weighted by Gasteiger charge is 1.93. The largest absolute Gasteiger partial charge is 0.149 e. The molecule has 3 heterocycles. The molecular weight excluding hydrogens is 481 g/mol. The van der Waals surface area contributed by atoms with Gasteiger partial charge in [0.1, 0.15) is 0 Å². The van der Waals surface area contributed by atoms with Gasteiger partial charge in [0.2, 0.25) is 0 Å². The van der Waals surface area contributed by atoms with Crippen LogP contribution in [0.1, 0.15) is 72.3 Å². The first-order valence-corrected chi connectivity index (χ1v) is 15.3. The number of allylic oxidation sites excluding steroid dienone is 5. The predicted molar refractivity (Wildman–Crippen MR) is 166 cm³/mol. The third kappa shape index (κ3) is 17.4. The summed E-state index contributed by atoms with van der Waals surface area (Å²) < 4.78 is 0. The minimum Gasteiger partial charge on any atom is -0.149 e. The molecule has 0 saturated carbocycles. The van der Waals surface area contributed by atoms with Gasteiger partial charge in [0.05, 0.1) is 0 Å². The Morgan fingerprint density at radius 2 is 1.29 bits per heavy atom. The average molecular weight is 527 g/mol. The van der Waals surface area contributed by atoms with E-state index in [9.17, 15) is 0 Å². The van der Waals surface area contributed by atoms with Crippen LogP contribution in [-0.4, -0.2) is 0 Å². The molecule has 192 valence electrons. The van der Waals surface area contributed by atoms with Gasteiger partial charge in [0, 0.05) is 24.4 Å². The van der Waals surface area contributed by atoms with E-state index in [-0.39, 0.29) is 0 Å². The van der Waals surface area contributed by atoms with Crippen LogP contribution >= 0.6 is 34.0 Å². The van der Waals surface area contributed by atoms with Gasteiger partial charge in [-0.3, -0.25) is 0 Å². The van der Waals surface area contributed by atoms with Crippen LogP contribution in [0.15, 0.2) is 72.2 Å². The van der Waals surface area contributed by atoms with Gasteiger partial charge in [-0.05, 0) is 92.7 Å². The maximum absolute atomic E-state index is 2.26. The van der Waals surface area contributed by atoms with Crippen LogP contribution in [0.25, 0.3) is 6.08 Å². The molecule has 3 heteroatoms. The first kappa shape index (κ1) is 31.4. The molecule has 0 fully saturated rings. The molecule has 3 aromatic rings. The van der Waals surface area contributed by atoms with E-state index in [2.05, 4.69) is 134 Å². The zero-order valence-electron chi connectivity index (χ0n) is 23.1. The Balaban J connectivity index is 0.000000263. The second-order valence-electron chi connectivity index (χ2n) is 9.82. The third-order valence-electron chi connectivity index (χ3n) is 4.71. The lowest BCUT2D eigenvalue weighted by Crippen LogP contribution is -1.80. The summed E-state index contributed by atoms with van der Waals surface area (Å²) in [6.07, 6.45) is 16.9. The maximum Gasteiger partial charge on any atom is 0.0269 e. The van der Waals surface area contributed by atoms with Gasteiger partial charge in [0.25, 0.3) is 0 Å². The molecular formula is C32H46S3. The quantitative estimate of drug-likeness (QED) is 0.243. The molecule has 0 aromatic carbocycles. The van der Waals surface area contributed by atoms with Crippen LogP contribution in [0.4, 0.5) is 0 Å². The van der Waals surface area contributed by atoms with E-state index >= 15 is 0 Å². The van der Waals surface area contributed by atoms with E-state index in [1.807, 2.05) is 34.0 Å². The molecule has 0 spiro atoms. The first-order valence-electron chi connectivity index (χ1n) is 12.8. The summed E-state index contributed by atoms with van der Waals surface area (Å²) in [5.41, 5.74) is 0. The van der Waals surface area contributed by atoms with E-state index in [0.29, 0.717) is 11.8 Å². The van der Waals surface area contributed by atoms with Gasteiger partial charge in [0.15, 0.2) is 0 Å². The van der Waals surface area contributed by atoms with E-state index in [4.69, 9.17) is 0 Å². The fourth-order valence-corrected chi connectivity index (χ4v) is 5.29. The van der Waals surface area contributed by atoms with Crippen molar-refractivity contribution in [1.82, 2.24) is 0 Å². The highest BCUT2D eigenvalue weighted by atomic mass is 32.1. The molecule has 0 unspecified atom stereocenters. The Morgan fingerprint density at radius 3 is 1.74 bits per heavy atom. The molecule has 3 rings (SSSR count). The van der Waals surface area contributed by atoms with Gasteiger partial charge >= 0.3 is 0 Å². The van der Waals surface area contributed by atoms with Crippen LogP contribution in [-0.2, 0) is 12.8 Å². The zero-order chi connectivity index (χ0) is 26.1. The molecule has 0 aliphatic carbocycles. The molecule has 0 aliphatic rings. The van der Waals surface area contributed by atoms with Crippen LogP contribution in [0.5, 0.6) is 0 Å². The summed E-state index contributed by atoms with van der Waals surface area (Å²) in [6.45, 7) is 17.6. The number of hydrogen-bond donors (Lipinski definition) is 0. The van der Waals surface area contributed by atoms with Gasteiger partial charge in [-0.15, -0.1) is 34.0 Å². The lowest BCUT2D eigenvalue weighted by atomic mass is 10.1.